The van der Waals surface area contributed by atoms with Gasteiger partial charge in [0, 0.05) is 23.9 Å². The molecule has 1 amide bonds. The summed E-state index contributed by atoms with van der Waals surface area (Å²) in [6.45, 7) is 5.44. The van der Waals surface area contributed by atoms with E-state index >= 15 is 0 Å². The zero-order valence-electron chi connectivity index (χ0n) is 20.5. The molecule has 0 spiro atoms. The fourth-order valence-electron chi connectivity index (χ4n) is 4.57. The monoisotopic (exact) mass is 481 g/mol. The highest BCUT2D eigenvalue weighted by molar-refractivity contribution is 6.00. The molecule has 0 aliphatic carbocycles. The molecule has 0 radical (unpaired) electrons. The molecule has 186 valence electrons. The summed E-state index contributed by atoms with van der Waals surface area (Å²) >= 11 is 0. The first-order valence-corrected chi connectivity index (χ1v) is 11.6. The molecule has 1 fully saturated rings. The lowest BCUT2D eigenvalue weighted by Crippen LogP contribution is -2.45. The molecule has 8 nitrogen and oxygen atoms in total. The van der Waals surface area contributed by atoms with Crippen LogP contribution in [0.1, 0.15) is 40.4 Å². The number of methoxy groups -OCH3 is 1. The van der Waals surface area contributed by atoms with E-state index in [1.165, 1.54) is 12.0 Å². The van der Waals surface area contributed by atoms with Crippen molar-refractivity contribution in [3.05, 3.63) is 70.8 Å². The number of nitrogens with zero attached hydrogens (tertiary/aromatic N) is 1. The van der Waals surface area contributed by atoms with Crippen molar-refractivity contribution in [2.45, 2.75) is 39.8 Å². The van der Waals surface area contributed by atoms with Crippen molar-refractivity contribution in [2.75, 3.05) is 20.3 Å². The van der Waals surface area contributed by atoms with Gasteiger partial charge in [0.1, 0.15) is 12.6 Å². The molecule has 1 saturated heterocycles. The molecule has 8 heteroatoms. The van der Waals surface area contributed by atoms with Crippen LogP contribution in [0, 0.1) is 25.7 Å². The second-order valence-corrected chi connectivity index (χ2v) is 8.68. The molecule has 35 heavy (non-hydrogen) atoms. The number of hydrogen-bond acceptors (Lipinski definition) is 7. The minimum atomic E-state index is -1.16. The Morgan fingerprint density at radius 1 is 0.971 bits per heavy atom. The van der Waals surface area contributed by atoms with E-state index < -0.39 is 35.9 Å². The van der Waals surface area contributed by atoms with Gasteiger partial charge in [-0.15, -0.1) is 0 Å². The predicted molar refractivity (Wildman–Crippen MR) is 128 cm³/mol. The molecular weight excluding hydrogens is 450 g/mol. The second kappa shape index (κ2) is 11.6. The van der Waals surface area contributed by atoms with Crippen LogP contribution in [-0.4, -0.2) is 55.0 Å². The minimum absolute atomic E-state index is 0.00305. The highest BCUT2D eigenvalue weighted by Crippen LogP contribution is 2.37. The molecule has 1 heterocycles. The average molecular weight is 482 g/mol. The summed E-state index contributed by atoms with van der Waals surface area (Å²) in [6.07, 6.45) is -0.971. The lowest BCUT2D eigenvalue weighted by Gasteiger charge is -2.25. The minimum Gasteiger partial charge on any atom is -0.469 e. The van der Waals surface area contributed by atoms with Crippen LogP contribution in [0.5, 0.6) is 0 Å². The van der Waals surface area contributed by atoms with Crippen molar-refractivity contribution in [2.24, 2.45) is 11.8 Å². The third kappa shape index (κ3) is 6.26. The number of aryl methyl sites for hydroxylation is 2. The molecule has 0 unspecified atom stereocenters. The van der Waals surface area contributed by atoms with Crippen LogP contribution in [0.15, 0.2) is 48.5 Å². The topological polar surface area (TPSA) is 99.2 Å². The zero-order chi connectivity index (χ0) is 25.5. The molecule has 1 aliphatic rings. The van der Waals surface area contributed by atoms with E-state index in [1.54, 1.807) is 19.1 Å². The first-order chi connectivity index (χ1) is 16.7. The largest absolute Gasteiger partial charge is 0.469 e. The molecule has 1 aliphatic heterocycles. The highest BCUT2D eigenvalue weighted by atomic mass is 16.6. The number of esters is 2. The van der Waals surface area contributed by atoms with Crippen LogP contribution < -0.4 is 0 Å². The Morgan fingerprint density at radius 3 is 2.23 bits per heavy atom. The maximum absolute atomic E-state index is 13.6. The number of Topliss-reactive ketones (excluding diaryl/α,β-unsaturated/α-hetero) is 1. The fourth-order valence-corrected chi connectivity index (χ4v) is 4.57. The van der Waals surface area contributed by atoms with E-state index in [1.807, 2.05) is 50.2 Å². The number of amides is 1. The number of carbonyl (C=O) groups is 4. The standard InChI is InChI=1S/C27H31NO7/c1-5-34-26(31)24-21(14-23(29)33-4)22(25(30)20-12-17(2)11-18(3)13-20)15-28(24)27(32)35-16-19-9-7-6-8-10-19/h6-13,21-22,24H,5,14-16H2,1-4H3/t21-,22-,24-/m0/s1. The van der Waals surface area contributed by atoms with Crippen molar-refractivity contribution in [1.82, 2.24) is 4.90 Å². The van der Waals surface area contributed by atoms with Gasteiger partial charge in [-0.1, -0.05) is 47.5 Å². The van der Waals surface area contributed by atoms with Crippen molar-refractivity contribution in [3.63, 3.8) is 0 Å². The normalized spacial score (nSPS) is 19.2. The second-order valence-electron chi connectivity index (χ2n) is 8.68. The Balaban J connectivity index is 1.94. The summed E-state index contributed by atoms with van der Waals surface area (Å²) in [6, 6.07) is 13.4. The molecule has 0 saturated carbocycles. The maximum Gasteiger partial charge on any atom is 0.410 e. The fraction of sp³-hybridized carbons (Fsp3) is 0.407. The van der Waals surface area contributed by atoms with Gasteiger partial charge in [0.05, 0.1) is 20.1 Å². The Hall–Kier alpha value is -3.68. The van der Waals surface area contributed by atoms with Gasteiger partial charge in [-0.3, -0.25) is 14.5 Å². The lowest BCUT2D eigenvalue weighted by atomic mass is 9.82. The van der Waals surface area contributed by atoms with E-state index in [-0.39, 0.29) is 32.0 Å². The van der Waals surface area contributed by atoms with Gasteiger partial charge >= 0.3 is 18.0 Å². The van der Waals surface area contributed by atoms with Gasteiger partial charge in [0.25, 0.3) is 0 Å². The lowest BCUT2D eigenvalue weighted by molar-refractivity contribution is -0.150. The summed E-state index contributed by atoms with van der Waals surface area (Å²) < 4.78 is 15.5. The first kappa shape index (κ1) is 25.9. The number of carbonyl (C=O) groups excluding carboxylic acids is 4. The number of ketones is 1. The van der Waals surface area contributed by atoms with Crippen molar-refractivity contribution < 1.29 is 33.4 Å². The average Bonchev–Trinajstić information content (AvgIpc) is 3.21. The quantitative estimate of drug-likeness (QED) is 0.321. The van der Waals surface area contributed by atoms with Crippen LogP contribution in [0.3, 0.4) is 0 Å². The van der Waals surface area contributed by atoms with Crippen LogP contribution >= 0.6 is 0 Å². The van der Waals surface area contributed by atoms with Gasteiger partial charge in [0.2, 0.25) is 0 Å². The number of benzene rings is 2. The summed E-state index contributed by atoms with van der Waals surface area (Å²) in [7, 11) is 1.24. The van der Waals surface area contributed by atoms with Crippen LogP contribution in [0.2, 0.25) is 0 Å². The maximum atomic E-state index is 13.6. The number of rotatable bonds is 8. The Kier molecular flexibility index (Phi) is 8.63. The molecule has 0 aromatic heterocycles. The molecule has 0 N–H and O–H groups in total. The zero-order valence-corrected chi connectivity index (χ0v) is 20.5. The summed E-state index contributed by atoms with van der Waals surface area (Å²) in [5, 5.41) is 0. The van der Waals surface area contributed by atoms with Gasteiger partial charge in [-0.25, -0.2) is 9.59 Å². The van der Waals surface area contributed by atoms with E-state index in [2.05, 4.69) is 0 Å². The van der Waals surface area contributed by atoms with E-state index in [9.17, 15) is 19.2 Å². The van der Waals surface area contributed by atoms with Gasteiger partial charge in [-0.2, -0.15) is 0 Å². The molecule has 0 bridgehead atoms. The summed E-state index contributed by atoms with van der Waals surface area (Å²) in [4.78, 5) is 53.2. The van der Waals surface area contributed by atoms with E-state index in [0.717, 1.165) is 16.7 Å². The van der Waals surface area contributed by atoms with Crippen molar-refractivity contribution >= 4 is 23.8 Å². The van der Waals surface area contributed by atoms with E-state index in [4.69, 9.17) is 14.2 Å². The first-order valence-electron chi connectivity index (χ1n) is 11.6. The van der Waals surface area contributed by atoms with Gasteiger partial charge in [0.15, 0.2) is 5.78 Å². The molecular formula is C27H31NO7. The Labute approximate surface area is 205 Å². The van der Waals surface area contributed by atoms with Crippen LogP contribution in [0.4, 0.5) is 4.79 Å². The molecule has 3 rings (SSSR count). The molecule has 3 atom stereocenters. The third-order valence-electron chi connectivity index (χ3n) is 6.09. The Bertz CT molecular complexity index is 1060. The SMILES string of the molecule is CCOC(=O)[C@@H]1[C@@H](CC(=O)OC)[C@@H](C(=O)c2cc(C)cc(C)c2)CN1C(=O)OCc1ccccc1. The summed E-state index contributed by atoms with van der Waals surface area (Å²) in [5.74, 6) is -3.15. The number of likely N-dealkylation sites (tertiary alicyclic amines) is 1. The third-order valence-corrected chi connectivity index (χ3v) is 6.09. The predicted octanol–water partition coefficient (Wildman–Crippen LogP) is 3.87. The van der Waals surface area contributed by atoms with Crippen molar-refractivity contribution in [3.8, 4) is 0 Å². The smallest absolute Gasteiger partial charge is 0.410 e. The molecule has 2 aromatic rings. The van der Waals surface area contributed by atoms with Crippen LogP contribution in [0.25, 0.3) is 0 Å². The van der Waals surface area contributed by atoms with E-state index in [0.29, 0.717) is 5.56 Å². The van der Waals surface area contributed by atoms with Crippen molar-refractivity contribution in [1.29, 1.82) is 0 Å². The molecule has 2 aromatic carbocycles. The number of ether oxygens (including phenoxy) is 3. The Morgan fingerprint density at radius 2 is 1.63 bits per heavy atom. The number of hydrogen-bond donors (Lipinski definition) is 0. The van der Waals surface area contributed by atoms with Crippen LogP contribution in [-0.2, 0) is 30.4 Å². The van der Waals surface area contributed by atoms with Gasteiger partial charge in [-0.05, 0) is 38.5 Å². The summed E-state index contributed by atoms with van der Waals surface area (Å²) in [5.41, 5.74) is 3.07. The van der Waals surface area contributed by atoms with Gasteiger partial charge < -0.3 is 14.2 Å². The highest BCUT2D eigenvalue weighted by Gasteiger charge is 2.52.